The number of halogens is 2. The van der Waals surface area contributed by atoms with Crippen LogP contribution in [0.15, 0.2) is 29.3 Å². The summed E-state index contributed by atoms with van der Waals surface area (Å²) < 4.78 is 14.0. The molecule has 19 heavy (non-hydrogen) atoms. The molecule has 7 heteroatoms. The summed E-state index contributed by atoms with van der Waals surface area (Å²) in [6, 6.07) is 4.12. The molecule has 0 fully saturated rings. The van der Waals surface area contributed by atoms with Crippen LogP contribution in [0.25, 0.3) is 10.9 Å². The molecular formula is C12H10ClFN2O2S. The number of nitro benzene ring substituents is 1. The number of hydrogen-bond donors (Lipinski definition) is 0. The highest BCUT2D eigenvalue weighted by atomic mass is 35.5. The molecule has 0 radical (unpaired) electrons. The minimum atomic E-state index is -0.613. The van der Waals surface area contributed by atoms with Gasteiger partial charge in [-0.15, -0.1) is 23.4 Å². The number of benzene rings is 1. The number of fused-ring (bicyclic) bond motifs is 1. The molecule has 0 saturated carbocycles. The summed E-state index contributed by atoms with van der Waals surface area (Å²) in [5, 5.41) is 11.3. The minimum absolute atomic E-state index is 0.262. The summed E-state index contributed by atoms with van der Waals surface area (Å²) >= 11 is 6.86. The Morgan fingerprint density at radius 3 is 3.00 bits per heavy atom. The van der Waals surface area contributed by atoms with E-state index in [4.69, 9.17) is 11.6 Å². The first-order valence-corrected chi connectivity index (χ1v) is 7.07. The van der Waals surface area contributed by atoms with Crippen LogP contribution in [0.3, 0.4) is 0 Å². The van der Waals surface area contributed by atoms with Crippen LogP contribution in [0.5, 0.6) is 0 Å². The largest absolute Gasteiger partial charge is 0.281 e. The van der Waals surface area contributed by atoms with E-state index in [1.165, 1.54) is 18.0 Å². The van der Waals surface area contributed by atoms with E-state index in [1.807, 2.05) is 0 Å². The van der Waals surface area contributed by atoms with Gasteiger partial charge < -0.3 is 0 Å². The summed E-state index contributed by atoms with van der Waals surface area (Å²) in [5.74, 6) is 0.522. The predicted molar refractivity (Wildman–Crippen MR) is 74.4 cm³/mol. The number of pyridine rings is 1. The van der Waals surface area contributed by atoms with Gasteiger partial charge in [0.05, 0.1) is 26.8 Å². The quantitative estimate of drug-likeness (QED) is 0.275. The summed E-state index contributed by atoms with van der Waals surface area (Å²) in [5.41, 5.74) is 0.0658. The Morgan fingerprint density at radius 1 is 1.53 bits per heavy atom. The van der Waals surface area contributed by atoms with E-state index in [2.05, 4.69) is 4.98 Å². The summed E-state index contributed by atoms with van der Waals surface area (Å²) in [6.45, 7) is 0. The number of non-ortho nitro benzene ring substituents is 1. The summed E-state index contributed by atoms with van der Waals surface area (Å²) in [4.78, 5) is 14.7. The lowest BCUT2D eigenvalue weighted by molar-refractivity contribution is -0.383. The Bertz CT molecular complexity index is 624. The van der Waals surface area contributed by atoms with Crippen LogP contribution >= 0.6 is 23.4 Å². The zero-order chi connectivity index (χ0) is 13.8. The van der Waals surface area contributed by atoms with Gasteiger partial charge in [0.2, 0.25) is 0 Å². The fourth-order valence-electron chi connectivity index (χ4n) is 1.69. The molecule has 0 aliphatic rings. The molecule has 4 nitrogen and oxygen atoms in total. The molecule has 0 N–H and O–H groups in total. The van der Waals surface area contributed by atoms with Crippen LogP contribution in [0, 0.1) is 15.9 Å². The van der Waals surface area contributed by atoms with Gasteiger partial charge >= 0.3 is 0 Å². The van der Waals surface area contributed by atoms with Crippen LogP contribution < -0.4 is 0 Å². The third-order valence-corrected chi connectivity index (χ3v) is 3.94. The molecule has 100 valence electrons. The van der Waals surface area contributed by atoms with E-state index in [1.54, 1.807) is 12.1 Å². The second-order valence-corrected chi connectivity index (χ2v) is 5.24. The van der Waals surface area contributed by atoms with E-state index >= 15 is 0 Å². The van der Waals surface area contributed by atoms with Crippen molar-refractivity contribution in [3.63, 3.8) is 0 Å². The van der Waals surface area contributed by atoms with Gasteiger partial charge in [-0.1, -0.05) is 0 Å². The second-order valence-electron chi connectivity index (χ2n) is 3.75. The molecule has 1 aromatic carbocycles. The molecule has 1 aromatic heterocycles. The van der Waals surface area contributed by atoms with E-state index in [9.17, 15) is 14.5 Å². The van der Waals surface area contributed by atoms with Crippen molar-refractivity contribution >= 4 is 40.0 Å². The number of thioether (sulfide) groups is 1. The SMILES string of the molecule is O=[N+]([O-])c1cc(F)c(SCCCCl)c2ncccc12. The van der Waals surface area contributed by atoms with Gasteiger partial charge in [-0.25, -0.2) is 4.39 Å². The molecule has 0 atom stereocenters. The van der Waals surface area contributed by atoms with Gasteiger partial charge in [0.25, 0.3) is 5.69 Å². The molecule has 0 aliphatic carbocycles. The van der Waals surface area contributed by atoms with Crippen LogP contribution in [0.2, 0.25) is 0 Å². The van der Waals surface area contributed by atoms with Gasteiger partial charge in [-0.05, 0) is 24.3 Å². The van der Waals surface area contributed by atoms with Crippen LogP contribution in [-0.4, -0.2) is 21.5 Å². The number of alkyl halides is 1. The van der Waals surface area contributed by atoms with E-state index in [-0.39, 0.29) is 5.69 Å². The standard InChI is InChI=1S/C12H10ClFN2O2S/c13-4-2-6-19-12-9(14)7-10(16(17)18)8-3-1-5-15-11(8)12/h1,3,5,7H,2,4,6H2. The number of hydrogen-bond acceptors (Lipinski definition) is 4. The highest BCUT2D eigenvalue weighted by Crippen LogP contribution is 2.35. The first kappa shape index (κ1) is 14.0. The van der Waals surface area contributed by atoms with E-state index in [0.717, 1.165) is 12.5 Å². The van der Waals surface area contributed by atoms with Crippen molar-refractivity contribution in [2.45, 2.75) is 11.3 Å². The Labute approximate surface area is 118 Å². The molecular weight excluding hydrogens is 291 g/mol. The molecule has 2 aromatic rings. The second kappa shape index (κ2) is 6.16. The Morgan fingerprint density at radius 2 is 2.32 bits per heavy atom. The molecule has 0 unspecified atom stereocenters. The molecule has 0 aliphatic heterocycles. The first-order valence-electron chi connectivity index (χ1n) is 5.55. The van der Waals surface area contributed by atoms with E-state index < -0.39 is 10.7 Å². The van der Waals surface area contributed by atoms with Crippen molar-refractivity contribution in [1.29, 1.82) is 0 Å². The van der Waals surface area contributed by atoms with Crippen molar-refractivity contribution in [1.82, 2.24) is 4.98 Å². The maximum Gasteiger partial charge on any atom is 0.281 e. The zero-order valence-corrected chi connectivity index (χ0v) is 11.4. The van der Waals surface area contributed by atoms with Gasteiger partial charge in [-0.3, -0.25) is 15.1 Å². The Balaban J connectivity index is 2.55. The van der Waals surface area contributed by atoms with Crippen molar-refractivity contribution in [3.05, 3.63) is 40.3 Å². The summed E-state index contributed by atoms with van der Waals surface area (Å²) in [7, 11) is 0. The molecule has 0 amide bonds. The van der Waals surface area contributed by atoms with Crippen LogP contribution in [0.1, 0.15) is 6.42 Å². The topological polar surface area (TPSA) is 56.0 Å². The molecule has 0 saturated heterocycles. The zero-order valence-electron chi connectivity index (χ0n) is 9.81. The molecule has 1 heterocycles. The van der Waals surface area contributed by atoms with Gasteiger partial charge in [-0.2, -0.15) is 0 Å². The van der Waals surface area contributed by atoms with Crippen molar-refractivity contribution in [2.75, 3.05) is 11.6 Å². The smallest absolute Gasteiger partial charge is 0.258 e. The molecule has 2 rings (SSSR count). The van der Waals surface area contributed by atoms with Crippen molar-refractivity contribution < 1.29 is 9.31 Å². The number of rotatable bonds is 5. The van der Waals surface area contributed by atoms with E-state index in [0.29, 0.717) is 27.4 Å². The Hall–Kier alpha value is -1.40. The lowest BCUT2D eigenvalue weighted by Gasteiger charge is -2.07. The van der Waals surface area contributed by atoms with Crippen LogP contribution in [0.4, 0.5) is 10.1 Å². The molecule has 0 bridgehead atoms. The molecule has 0 spiro atoms. The Kier molecular flexibility index (Phi) is 4.55. The van der Waals surface area contributed by atoms with Crippen molar-refractivity contribution in [2.24, 2.45) is 0 Å². The van der Waals surface area contributed by atoms with Gasteiger partial charge in [0.15, 0.2) is 0 Å². The first-order chi connectivity index (χ1) is 9.15. The third kappa shape index (κ3) is 2.96. The average Bonchev–Trinajstić information content (AvgIpc) is 2.40. The highest BCUT2D eigenvalue weighted by molar-refractivity contribution is 7.99. The average molecular weight is 301 g/mol. The lowest BCUT2D eigenvalue weighted by atomic mass is 10.2. The minimum Gasteiger partial charge on any atom is -0.258 e. The maximum atomic E-state index is 14.0. The predicted octanol–water partition coefficient (Wildman–Crippen LogP) is 4.00. The third-order valence-electron chi connectivity index (χ3n) is 2.50. The number of aromatic nitrogens is 1. The van der Waals surface area contributed by atoms with Gasteiger partial charge in [0.1, 0.15) is 5.82 Å². The summed E-state index contributed by atoms with van der Waals surface area (Å²) in [6.07, 6.45) is 2.23. The normalized spacial score (nSPS) is 10.8. The monoisotopic (exact) mass is 300 g/mol. The van der Waals surface area contributed by atoms with Crippen molar-refractivity contribution in [3.8, 4) is 0 Å². The number of nitrogens with zero attached hydrogens (tertiary/aromatic N) is 2. The number of nitro groups is 1. The lowest BCUT2D eigenvalue weighted by Crippen LogP contribution is -1.96. The highest BCUT2D eigenvalue weighted by Gasteiger charge is 2.19. The fraction of sp³-hybridized carbons (Fsp3) is 0.250. The fourth-order valence-corrected chi connectivity index (χ4v) is 2.97. The van der Waals surface area contributed by atoms with Crippen LogP contribution in [-0.2, 0) is 0 Å². The van der Waals surface area contributed by atoms with Gasteiger partial charge in [0, 0.05) is 12.1 Å². The maximum absolute atomic E-state index is 14.0.